The molecule has 20 heavy (non-hydrogen) atoms. The molecule has 0 aliphatic heterocycles. The molecule has 0 atom stereocenters. The van der Waals surface area contributed by atoms with E-state index in [-0.39, 0.29) is 5.56 Å². The number of fused-ring (bicyclic) bond motifs is 1. The van der Waals surface area contributed by atoms with Gasteiger partial charge in [-0.2, -0.15) is 0 Å². The Morgan fingerprint density at radius 1 is 1.30 bits per heavy atom. The summed E-state index contributed by atoms with van der Waals surface area (Å²) in [7, 11) is 0. The first-order valence-corrected chi connectivity index (χ1v) is 9.24. The summed E-state index contributed by atoms with van der Waals surface area (Å²) in [4.78, 5) is 18.8. The second-order valence-electron chi connectivity index (χ2n) is 5.03. The van der Waals surface area contributed by atoms with Crippen molar-refractivity contribution in [2.45, 2.75) is 52.0 Å². The largest absolute Gasteiger partial charge is 0.298 e. The van der Waals surface area contributed by atoms with Gasteiger partial charge in [0, 0.05) is 16.8 Å². The monoisotopic (exact) mass is 356 g/mol. The molecular formula is C15H21BrN2OS. The van der Waals surface area contributed by atoms with E-state index in [4.69, 9.17) is 0 Å². The molecule has 2 heterocycles. The smallest absolute Gasteiger partial charge is 0.262 e. The Balaban J connectivity index is 2.05. The fourth-order valence-electron chi connectivity index (χ4n) is 2.29. The highest BCUT2D eigenvalue weighted by molar-refractivity contribution is 9.09. The Kier molecular flexibility index (Phi) is 6.23. The Morgan fingerprint density at radius 3 is 2.85 bits per heavy atom. The van der Waals surface area contributed by atoms with E-state index in [2.05, 4.69) is 27.8 Å². The Labute approximate surface area is 132 Å². The molecule has 3 nitrogen and oxygen atoms in total. The van der Waals surface area contributed by atoms with Crippen molar-refractivity contribution in [1.29, 1.82) is 0 Å². The number of halogens is 1. The van der Waals surface area contributed by atoms with Crippen LogP contribution in [0, 0.1) is 0 Å². The first kappa shape index (κ1) is 15.7. The maximum atomic E-state index is 12.3. The van der Waals surface area contributed by atoms with E-state index in [1.54, 1.807) is 22.2 Å². The van der Waals surface area contributed by atoms with Gasteiger partial charge in [0.2, 0.25) is 0 Å². The van der Waals surface area contributed by atoms with Crippen LogP contribution >= 0.6 is 27.3 Å². The standard InChI is InChI=1S/C15H21BrN2OS/c1-2-3-4-5-6-7-12-10-13-14(20-12)17-11-18(9-8-16)15(13)19/h10-11H,2-9H2,1H3. The van der Waals surface area contributed by atoms with Crippen molar-refractivity contribution in [2.24, 2.45) is 0 Å². The zero-order valence-electron chi connectivity index (χ0n) is 11.9. The minimum absolute atomic E-state index is 0.0860. The topological polar surface area (TPSA) is 34.9 Å². The number of nitrogens with zero attached hydrogens (tertiary/aromatic N) is 2. The van der Waals surface area contributed by atoms with Crippen LogP contribution in [0.15, 0.2) is 17.2 Å². The lowest BCUT2D eigenvalue weighted by molar-refractivity contribution is 0.634. The lowest BCUT2D eigenvalue weighted by Gasteiger charge is -2.00. The van der Waals surface area contributed by atoms with Gasteiger partial charge < -0.3 is 0 Å². The lowest BCUT2D eigenvalue weighted by atomic mass is 10.1. The van der Waals surface area contributed by atoms with Crippen molar-refractivity contribution in [1.82, 2.24) is 9.55 Å². The average molecular weight is 357 g/mol. The molecule has 0 spiro atoms. The molecule has 0 aliphatic rings. The normalized spacial score (nSPS) is 11.3. The molecule has 0 aliphatic carbocycles. The van der Waals surface area contributed by atoms with Gasteiger partial charge in [-0.25, -0.2) is 4.98 Å². The zero-order valence-corrected chi connectivity index (χ0v) is 14.3. The summed E-state index contributed by atoms with van der Waals surface area (Å²) < 4.78 is 1.68. The van der Waals surface area contributed by atoms with Crippen molar-refractivity contribution >= 4 is 37.5 Å². The molecule has 2 aromatic rings. The van der Waals surface area contributed by atoms with E-state index in [0.717, 1.165) is 22.0 Å². The average Bonchev–Trinajstić information content (AvgIpc) is 2.86. The number of rotatable bonds is 8. The molecule has 0 N–H and O–H groups in total. The number of unbranched alkanes of at least 4 members (excludes halogenated alkanes) is 4. The number of thiophene rings is 1. The molecule has 0 saturated carbocycles. The molecule has 2 aromatic heterocycles. The summed E-state index contributed by atoms with van der Waals surface area (Å²) in [6.07, 6.45) is 9.14. The van der Waals surface area contributed by atoms with E-state index in [0.29, 0.717) is 6.54 Å². The van der Waals surface area contributed by atoms with Crippen molar-refractivity contribution < 1.29 is 0 Å². The predicted molar refractivity (Wildman–Crippen MR) is 90.1 cm³/mol. The van der Waals surface area contributed by atoms with Crippen molar-refractivity contribution in [2.75, 3.05) is 5.33 Å². The molecule has 0 aromatic carbocycles. The van der Waals surface area contributed by atoms with Crippen molar-refractivity contribution in [3.05, 3.63) is 27.6 Å². The van der Waals surface area contributed by atoms with Crippen LogP contribution in [0.2, 0.25) is 0 Å². The summed E-state index contributed by atoms with van der Waals surface area (Å²) in [6, 6.07) is 2.04. The van der Waals surface area contributed by atoms with Gasteiger partial charge in [0.25, 0.3) is 5.56 Å². The number of aromatic nitrogens is 2. The molecule has 2 rings (SSSR count). The molecule has 110 valence electrons. The highest BCUT2D eigenvalue weighted by atomic mass is 79.9. The summed E-state index contributed by atoms with van der Waals surface area (Å²) in [5.41, 5.74) is 0.0860. The Morgan fingerprint density at radius 2 is 2.10 bits per heavy atom. The van der Waals surface area contributed by atoms with Gasteiger partial charge >= 0.3 is 0 Å². The van der Waals surface area contributed by atoms with Crippen LogP contribution in [0.4, 0.5) is 0 Å². The minimum atomic E-state index is 0.0860. The molecule has 5 heteroatoms. The fraction of sp³-hybridized carbons (Fsp3) is 0.600. The van der Waals surface area contributed by atoms with Crippen LogP contribution < -0.4 is 5.56 Å². The van der Waals surface area contributed by atoms with E-state index in [9.17, 15) is 4.79 Å². The van der Waals surface area contributed by atoms with Crippen LogP contribution in [0.5, 0.6) is 0 Å². The first-order chi connectivity index (χ1) is 9.76. The van der Waals surface area contributed by atoms with Crippen LogP contribution in [-0.4, -0.2) is 14.9 Å². The van der Waals surface area contributed by atoms with Gasteiger partial charge in [-0.05, 0) is 18.9 Å². The third-order valence-corrected chi connectivity index (χ3v) is 4.88. The third-order valence-electron chi connectivity index (χ3n) is 3.42. The van der Waals surface area contributed by atoms with E-state index >= 15 is 0 Å². The summed E-state index contributed by atoms with van der Waals surface area (Å²) >= 11 is 5.03. The van der Waals surface area contributed by atoms with Gasteiger partial charge in [0.15, 0.2) is 0 Å². The zero-order chi connectivity index (χ0) is 14.4. The number of hydrogen-bond donors (Lipinski definition) is 0. The van der Waals surface area contributed by atoms with Crippen LogP contribution in [0.3, 0.4) is 0 Å². The van der Waals surface area contributed by atoms with Crippen molar-refractivity contribution in [3.63, 3.8) is 0 Å². The maximum absolute atomic E-state index is 12.3. The van der Waals surface area contributed by atoms with Gasteiger partial charge in [0.1, 0.15) is 4.83 Å². The predicted octanol–water partition coefficient (Wildman–Crippen LogP) is 4.37. The lowest BCUT2D eigenvalue weighted by Crippen LogP contribution is -2.20. The molecule has 0 saturated heterocycles. The van der Waals surface area contributed by atoms with E-state index in [1.807, 2.05) is 6.07 Å². The SMILES string of the molecule is CCCCCCCc1cc2c(=O)n(CCBr)cnc2s1. The second-order valence-corrected chi connectivity index (χ2v) is 6.94. The number of hydrogen-bond acceptors (Lipinski definition) is 3. The minimum Gasteiger partial charge on any atom is -0.298 e. The summed E-state index contributed by atoms with van der Waals surface area (Å²) in [5.74, 6) is 0. The first-order valence-electron chi connectivity index (χ1n) is 7.30. The van der Waals surface area contributed by atoms with Gasteiger partial charge in [-0.1, -0.05) is 48.5 Å². The van der Waals surface area contributed by atoms with Crippen LogP contribution in [0.1, 0.15) is 43.9 Å². The van der Waals surface area contributed by atoms with Crippen LogP contribution in [0.25, 0.3) is 10.2 Å². The molecular weight excluding hydrogens is 336 g/mol. The van der Waals surface area contributed by atoms with Gasteiger partial charge in [-0.3, -0.25) is 9.36 Å². The van der Waals surface area contributed by atoms with Crippen molar-refractivity contribution in [3.8, 4) is 0 Å². The highest BCUT2D eigenvalue weighted by Crippen LogP contribution is 2.22. The molecule has 0 unspecified atom stereocenters. The summed E-state index contributed by atoms with van der Waals surface area (Å²) in [6.45, 7) is 2.90. The molecule has 0 bridgehead atoms. The second kappa shape index (κ2) is 7.93. The molecule has 0 fully saturated rings. The number of alkyl halides is 1. The van der Waals surface area contributed by atoms with Crippen LogP contribution in [-0.2, 0) is 13.0 Å². The summed E-state index contributed by atoms with van der Waals surface area (Å²) in [5, 5.41) is 1.55. The Hall–Kier alpha value is -0.680. The fourth-order valence-corrected chi connectivity index (χ4v) is 3.70. The maximum Gasteiger partial charge on any atom is 0.262 e. The van der Waals surface area contributed by atoms with E-state index < -0.39 is 0 Å². The van der Waals surface area contributed by atoms with Gasteiger partial charge in [0.05, 0.1) is 11.7 Å². The number of aryl methyl sites for hydroxylation is 2. The molecule has 0 radical (unpaired) electrons. The van der Waals surface area contributed by atoms with Gasteiger partial charge in [-0.15, -0.1) is 11.3 Å². The quantitative estimate of drug-likeness (QED) is 0.520. The third kappa shape index (κ3) is 3.92. The molecule has 0 amide bonds. The highest BCUT2D eigenvalue weighted by Gasteiger charge is 2.08. The van der Waals surface area contributed by atoms with E-state index in [1.165, 1.54) is 37.0 Å². The Bertz CT molecular complexity index is 605.